The molecular formula is C27H38N6O3. The van der Waals surface area contributed by atoms with E-state index in [2.05, 4.69) is 21.7 Å². The van der Waals surface area contributed by atoms with Gasteiger partial charge < -0.3 is 15.0 Å². The second kappa shape index (κ2) is 13.1. The highest BCUT2D eigenvalue weighted by Gasteiger charge is 2.30. The molecule has 3 rings (SSSR count). The van der Waals surface area contributed by atoms with Crippen LogP contribution < -0.4 is 21.0 Å². The van der Waals surface area contributed by atoms with Gasteiger partial charge in [0.15, 0.2) is 0 Å². The Morgan fingerprint density at radius 3 is 2.28 bits per heavy atom. The van der Waals surface area contributed by atoms with Gasteiger partial charge in [-0.05, 0) is 43.7 Å². The molecular weight excluding hydrogens is 456 g/mol. The van der Waals surface area contributed by atoms with E-state index in [9.17, 15) is 9.59 Å². The molecule has 1 atom stereocenters. The maximum Gasteiger partial charge on any atom is 0.342 e. The highest BCUT2D eigenvalue weighted by Crippen LogP contribution is 2.26. The standard InChI is InChI=1S/C27H38N6O3/c1-5-32(27(35)33(28)21(2)3)24-13-11-23(12-14-24)30-16-18-31(19-17-30)25(22-9-7-6-8-10-22)26(34)29-15-20-36-4/h5-14,21,25H,1,15-20,28H2,2-4H3,(H,29,34). The van der Waals surface area contributed by atoms with E-state index < -0.39 is 0 Å². The summed E-state index contributed by atoms with van der Waals surface area (Å²) in [5, 5.41) is 4.18. The van der Waals surface area contributed by atoms with Crippen molar-refractivity contribution in [2.45, 2.75) is 25.9 Å². The summed E-state index contributed by atoms with van der Waals surface area (Å²) in [7, 11) is 1.62. The Balaban J connectivity index is 1.67. The van der Waals surface area contributed by atoms with Crippen molar-refractivity contribution in [1.29, 1.82) is 0 Å². The summed E-state index contributed by atoms with van der Waals surface area (Å²) in [6.07, 6.45) is 1.47. The van der Waals surface area contributed by atoms with E-state index in [-0.39, 0.29) is 24.0 Å². The highest BCUT2D eigenvalue weighted by atomic mass is 16.5. The first-order chi connectivity index (χ1) is 17.4. The Kier molecular flexibility index (Phi) is 9.86. The van der Waals surface area contributed by atoms with E-state index in [4.69, 9.17) is 10.6 Å². The predicted octanol–water partition coefficient (Wildman–Crippen LogP) is 2.97. The van der Waals surface area contributed by atoms with Gasteiger partial charge in [0.1, 0.15) is 6.04 Å². The molecule has 9 heteroatoms. The third-order valence-electron chi connectivity index (χ3n) is 6.31. The summed E-state index contributed by atoms with van der Waals surface area (Å²) in [5.74, 6) is 5.89. The van der Waals surface area contributed by atoms with Crippen molar-refractivity contribution in [3.05, 3.63) is 72.9 Å². The van der Waals surface area contributed by atoms with E-state index in [0.29, 0.717) is 18.8 Å². The number of anilines is 2. The summed E-state index contributed by atoms with van der Waals surface area (Å²) in [5.41, 5.74) is 2.74. The first-order valence-corrected chi connectivity index (χ1v) is 12.3. The fourth-order valence-electron chi connectivity index (χ4n) is 4.24. The van der Waals surface area contributed by atoms with E-state index in [1.54, 1.807) is 7.11 Å². The predicted molar refractivity (Wildman–Crippen MR) is 144 cm³/mol. The molecule has 0 bridgehead atoms. The van der Waals surface area contributed by atoms with Crippen molar-refractivity contribution in [3.8, 4) is 0 Å². The van der Waals surface area contributed by atoms with Crippen molar-refractivity contribution in [1.82, 2.24) is 15.2 Å². The normalized spacial score (nSPS) is 14.9. The van der Waals surface area contributed by atoms with Gasteiger partial charge in [-0.15, -0.1) is 0 Å². The zero-order chi connectivity index (χ0) is 26.1. The lowest BCUT2D eigenvalue weighted by Crippen LogP contribution is -2.51. The van der Waals surface area contributed by atoms with Crippen LogP contribution in [0, 0.1) is 0 Å². The van der Waals surface area contributed by atoms with Crippen LogP contribution in [-0.2, 0) is 9.53 Å². The van der Waals surface area contributed by atoms with Crippen LogP contribution in [0.2, 0.25) is 0 Å². The van der Waals surface area contributed by atoms with Crippen LogP contribution in [0.15, 0.2) is 67.4 Å². The molecule has 194 valence electrons. The second-order valence-corrected chi connectivity index (χ2v) is 8.97. The van der Waals surface area contributed by atoms with Gasteiger partial charge in [-0.25, -0.2) is 10.6 Å². The molecule has 1 saturated heterocycles. The first kappa shape index (κ1) is 27.2. The number of piperazine rings is 1. The maximum atomic E-state index is 13.1. The largest absolute Gasteiger partial charge is 0.383 e. The van der Waals surface area contributed by atoms with Gasteiger partial charge >= 0.3 is 6.03 Å². The number of benzene rings is 2. The molecule has 0 aromatic heterocycles. The second-order valence-electron chi connectivity index (χ2n) is 8.97. The number of nitrogens with two attached hydrogens (primary N) is 1. The minimum Gasteiger partial charge on any atom is -0.383 e. The Hall–Kier alpha value is -3.40. The summed E-state index contributed by atoms with van der Waals surface area (Å²) in [4.78, 5) is 31.7. The number of nitrogens with one attached hydrogen (secondary N) is 1. The topological polar surface area (TPSA) is 94.4 Å². The Morgan fingerprint density at radius 2 is 1.72 bits per heavy atom. The molecule has 0 saturated carbocycles. The monoisotopic (exact) mass is 494 g/mol. The highest BCUT2D eigenvalue weighted by molar-refractivity contribution is 5.93. The van der Waals surface area contributed by atoms with Crippen LogP contribution in [-0.4, -0.2) is 74.3 Å². The van der Waals surface area contributed by atoms with Gasteiger partial charge in [0.25, 0.3) is 0 Å². The number of hydrogen-bond acceptors (Lipinski definition) is 6. The minimum absolute atomic E-state index is 0.0134. The number of carbonyl (C=O) groups excluding carboxylic acids is 2. The van der Waals surface area contributed by atoms with E-state index in [1.165, 1.54) is 16.1 Å². The molecule has 1 fully saturated rings. The SMILES string of the molecule is C=CN(C(=O)N(N)C(C)C)c1ccc(N2CCN(C(C(=O)NCCOC)c3ccccc3)CC2)cc1. The Labute approximate surface area is 214 Å². The number of methoxy groups -OCH3 is 1. The van der Waals surface area contributed by atoms with Crippen LogP contribution in [0.5, 0.6) is 0 Å². The Bertz CT molecular complexity index is 990. The van der Waals surface area contributed by atoms with Gasteiger partial charge in [-0.3, -0.25) is 19.6 Å². The van der Waals surface area contributed by atoms with Crippen molar-refractivity contribution in [2.75, 3.05) is 56.2 Å². The molecule has 3 amide bonds. The van der Waals surface area contributed by atoms with Crippen molar-refractivity contribution in [3.63, 3.8) is 0 Å². The lowest BCUT2D eigenvalue weighted by Gasteiger charge is -2.40. The summed E-state index contributed by atoms with van der Waals surface area (Å²) in [6.45, 7) is 11.5. The van der Waals surface area contributed by atoms with Crippen LogP contribution in [0.3, 0.4) is 0 Å². The van der Waals surface area contributed by atoms with Gasteiger partial charge in [-0.2, -0.15) is 0 Å². The van der Waals surface area contributed by atoms with Crippen molar-refractivity contribution < 1.29 is 14.3 Å². The van der Waals surface area contributed by atoms with Gasteiger partial charge in [0.2, 0.25) is 5.91 Å². The quantitative estimate of drug-likeness (QED) is 0.228. The molecule has 0 spiro atoms. The van der Waals surface area contributed by atoms with Crippen LogP contribution >= 0.6 is 0 Å². The molecule has 1 aliphatic heterocycles. The van der Waals surface area contributed by atoms with Gasteiger partial charge in [0, 0.05) is 57.8 Å². The van der Waals surface area contributed by atoms with Gasteiger partial charge in [0.05, 0.1) is 12.3 Å². The van der Waals surface area contributed by atoms with E-state index in [0.717, 1.165) is 37.4 Å². The number of amides is 3. The molecule has 1 unspecified atom stereocenters. The summed E-state index contributed by atoms with van der Waals surface area (Å²) in [6, 6.07) is 16.9. The lowest BCUT2D eigenvalue weighted by atomic mass is 10.0. The minimum atomic E-state index is -0.347. The third-order valence-corrected chi connectivity index (χ3v) is 6.31. The molecule has 1 aliphatic rings. The number of urea groups is 1. The maximum absolute atomic E-state index is 13.1. The molecule has 2 aromatic rings. The van der Waals surface area contributed by atoms with E-state index in [1.807, 2.05) is 68.4 Å². The molecule has 9 nitrogen and oxygen atoms in total. The fraction of sp³-hybridized carbons (Fsp3) is 0.407. The number of hydrazine groups is 1. The summed E-state index contributed by atoms with van der Waals surface area (Å²) >= 11 is 0. The van der Waals surface area contributed by atoms with Crippen LogP contribution in [0.4, 0.5) is 16.2 Å². The lowest BCUT2D eigenvalue weighted by molar-refractivity contribution is -0.127. The number of rotatable bonds is 10. The fourth-order valence-corrected chi connectivity index (χ4v) is 4.24. The van der Waals surface area contributed by atoms with Crippen LogP contribution in [0.1, 0.15) is 25.5 Å². The van der Waals surface area contributed by atoms with Crippen molar-refractivity contribution >= 4 is 23.3 Å². The zero-order valence-electron chi connectivity index (χ0n) is 21.5. The summed E-state index contributed by atoms with van der Waals surface area (Å²) < 4.78 is 5.08. The van der Waals surface area contributed by atoms with Gasteiger partial charge in [-0.1, -0.05) is 36.9 Å². The third kappa shape index (κ3) is 6.63. The Morgan fingerprint density at radius 1 is 1.08 bits per heavy atom. The number of hydrogen-bond donors (Lipinski definition) is 2. The molecule has 0 aliphatic carbocycles. The smallest absolute Gasteiger partial charge is 0.342 e. The molecule has 2 aromatic carbocycles. The molecule has 1 heterocycles. The molecule has 36 heavy (non-hydrogen) atoms. The first-order valence-electron chi connectivity index (χ1n) is 12.3. The average Bonchev–Trinajstić information content (AvgIpc) is 2.90. The molecule has 0 radical (unpaired) electrons. The van der Waals surface area contributed by atoms with E-state index >= 15 is 0 Å². The average molecular weight is 495 g/mol. The molecule has 3 N–H and O–H groups in total. The van der Waals surface area contributed by atoms with Crippen molar-refractivity contribution in [2.24, 2.45) is 5.84 Å². The van der Waals surface area contributed by atoms with Crippen LogP contribution in [0.25, 0.3) is 0 Å². The number of ether oxygens (including phenoxy) is 1. The number of nitrogens with zero attached hydrogens (tertiary/aromatic N) is 4. The number of carbonyl (C=O) groups is 2. The zero-order valence-corrected chi connectivity index (χ0v) is 21.5.